The highest BCUT2D eigenvalue weighted by Gasteiger charge is 2.47. The molecule has 1 aromatic heterocycles. The molecule has 1 aliphatic carbocycles. The Hall–Kier alpha value is -1.82. The van der Waals surface area contributed by atoms with Gasteiger partial charge in [0.25, 0.3) is 0 Å². The second kappa shape index (κ2) is 6.30. The molecule has 2 aliphatic rings. The standard InChI is InChI=1S/C15H20N2O4/c18-14(16-8-10-3-1-5-20-10)12-7-13(12)15(19)17-9-11-4-2-6-21-11/h1,3,5,11-13H,2,4,6-9H2,(H,16,18)(H,17,19). The summed E-state index contributed by atoms with van der Waals surface area (Å²) >= 11 is 0. The molecule has 1 saturated heterocycles. The third-order valence-electron chi connectivity index (χ3n) is 4.01. The second-order valence-corrected chi connectivity index (χ2v) is 5.63. The van der Waals surface area contributed by atoms with Crippen LogP contribution in [0, 0.1) is 11.8 Å². The van der Waals surface area contributed by atoms with Gasteiger partial charge in [-0.25, -0.2) is 0 Å². The number of nitrogens with one attached hydrogen (secondary N) is 2. The van der Waals surface area contributed by atoms with Crippen LogP contribution in [0.15, 0.2) is 22.8 Å². The maximum absolute atomic E-state index is 11.9. The van der Waals surface area contributed by atoms with Crippen molar-refractivity contribution in [3.8, 4) is 0 Å². The Labute approximate surface area is 123 Å². The molecule has 6 nitrogen and oxygen atoms in total. The molecule has 3 unspecified atom stereocenters. The van der Waals surface area contributed by atoms with Crippen molar-refractivity contribution in [2.24, 2.45) is 11.8 Å². The molecule has 2 fully saturated rings. The van der Waals surface area contributed by atoms with Crippen LogP contribution >= 0.6 is 0 Å². The van der Waals surface area contributed by atoms with Gasteiger partial charge < -0.3 is 19.8 Å². The summed E-state index contributed by atoms with van der Waals surface area (Å²) in [6, 6.07) is 3.58. The van der Waals surface area contributed by atoms with Gasteiger partial charge in [-0.2, -0.15) is 0 Å². The van der Waals surface area contributed by atoms with Gasteiger partial charge in [0.1, 0.15) is 5.76 Å². The van der Waals surface area contributed by atoms with Gasteiger partial charge in [0, 0.05) is 13.2 Å². The molecule has 2 N–H and O–H groups in total. The quantitative estimate of drug-likeness (QED) is 0.813. The van der Waals surface area contributed by atoms with Crippen LogP contribution < -0.4 is 10.6 Å². The molecule has 3 rings (SSSR count). The zero-order valence-electron chi connectivity index (χ0n) is 11.8. The SMILES string of the molecule is O=C(NCc1ccco1)C1CC1C(=O)NCC1CCCO1. The molecule has 1 aromatic rings. The lowest BCUT2D eigenvalue weighted by atomic mass is 10.2. The second-order valence-electron chi connectivity index (χ2n) is 5.63. The van der Waals surface area contributed by atoms with Crippen molar-refractivity contribution in [3.05, 3.63) is 24.2 Å². The monoisotopic (exact) mass is 292 g/mol. The highest BCUT2D eigenvalue weighted by molar-refractivity contribution is 5.92. The van der Waals surface area contributed by atoms with Gasteiger partial charge in [0.15, 0.2) is 0 Å². The minimum absolute atomic E-state index is 0.0383. The van der Waals surface area contributed by atoms with E-state index in [0.717, 1.165) is 19.4 Å². The Morgan fingerprint density at radius 2 is 2.05 bits per heavy atom. The van der Waals surface area contributed by atoms with Crippen LogP contribution in [0.4, 0.5) is 0 Å². The van der Waals surface area contributed by atoms with Crippen LogP contribution in [0.1, 0.15) is 25.0 Å². The first-order valence-corrected chi connectivity index (χ1v) is 7.43. The van der Waals surface area contributed by atoms with Crippen molar-refractivity contribution in [1.82, 2.24) is 10.6 Å². The minimum atomic E-state index is -0.204. The maximum Gasteiger partial charge on any atom is 0.224 e. The summed E-state index contributed by atoms with van der Waals surface area (Å²) in [7, 11) is 0. The third-order valence-corrected chi connectivity index (χ3v) is 4.01. The van der Waals surface area contributed by atoms with Crippen LogP contribution in [0.3, 0.4) is 0 Å². The molecular formula is C15H20N2O4. The van der Waals surface area contributed by atoms with Crippen LogP contribution in [0.25, 0.3) is 0 Å². The number of furan rings is 1. The maximum atomic E-state index is 11.9. The average molecular weight is 292 g/mol. The summed E-state index contributed by atoms with van der Waals surface area (Å²) in [4.78, 5) is 23.9. The number of rotatable bonds is 6. The Bertz CT molecular complexity index is 494. The van der Waals surface area contributed by atoms with Crippen LogP contribution in [-0.4, -0.2) is 31.1 Å². The van der Waals surface area contributed by atoms with E-state index in [1.807, 2.05) is 0 Å². The van der Waals surface area contributed by atoms with E-state index in [1.165, 1.54) is 0 Å². The summed E-state index contributed by atoms with van der Waals surface area (Å²) < 4.78 is 10.6. The average Bonchev–Trinajstić information content (AvgIpc) is 2.91. The Morgan fingerprint density at radius 1 is 1.24 bits per heavy atom. The number of carbonyl (C=O) groups is 2. The normalized spacial score (nSPS) is 27.3. The van der Waals surface area contributed by atoms with Gasteiger partial charge in [0.2, 0.25) is 11.8 Å². The lowest BCUT2D eigenvalue weighted by molar-refractivity contribution is -0.127. The lowest BCUT2D eigenvalue weighted by Crippen LogP contribution is -2.34. The van der Waals surface area contributed by atoms with Crippen LogP contribution in [0.2, 0.25) is 0 Å². The summed E-state index contributed by atoms with van der Waals surface area (Å²) in [5, 5.41) is 5.67. The van der Waals surface area contributed by atoms with E-state index in [4.69, 9.17) is 9.15 Å². The highest BCUT2D eigenvalue weighted by atomic mass is 16.5. The van der Waals surface area contributed by atoms with Crippen LogP contribution in [0.5, 0.6) is 0 Å². The van der Waals surface area contributed by atoms with Gasteiger partial charge in [-0.05, 0) is 31.4 Å². The topological polar surface area (TPSA) is 80.6 Å². The predicted octanol–water partition coefficient (Wildman–Crippen LogP) is 0.827. The summed E-state index contributed by atoms with van der Waals surface area (Å²) in [6.07, 6.45) is 4.39. The van der Waals surface area contributed by atoms with Gasteiger partial charge in [0.05, 0.1) is 30.7 Å². The van der Waals surface area contributed by atoms with E-state index >= 15 is 0 Å². The van der Waals surface area contributed by atoms with Crippen molar-refractivity contribution >= 4 is 11.8 Å². The molecular weight excluding hydrogens is 272 g/mol. The lowest BCUT2D eigenvalue weighted by Gasteiger charge is -2.10. The Balaban J connectivity index is 1.36. The van der Waals surface area contributed by atoms with Gasteiger partial charge in [-0.3, -0.25) is 9.59 Å². The molecule has 0 spiro atoms. The molecule has 2 heterocycles. The summed E-state index contributed by atoms with van der Waals surface area (Å²) in [5.74, 6) is 0.197. The fraction of sp³-hybridized carbons (Fsp3) is 0.600. The molecule has 3 atom stereocenters. The molecule has 0 bridgehead atoms. The molecule has 2 amide bonds. The van der Waals surface area contributed by atoms with Gasteiger partial charge >= 0.3 is 0 Å². The largest absolute Gasteiger partial charge is 0.467 e. The van der Waals surface area contributed by atoms with Crippen LogP contribution in [-0.2, 0) is 20.9 Å². The predicted molar refractivity (Wildman–Crippen MR) is 74.1 cm³/mol. The smallest absolute Gasteiger partial charge is 0.224 e. The zero-order valence-corrected chi connectivity index (χ0v) is 11.8. The highest BCUT2D eigenvalue weighted by Crippen LogP contribution is 2.38. The molecule has 1 aliphatic heterocycles. The minimum Gasteiger partial charge on any atom is -0.467 e. The van der Waals surface area contributed by atoms with Crippen molar-refractivity contribution in [1.29, 1.82) is 0 Å². The summed E-state index contributed by atoms with van der Waals surface area (Å²) in [6.45, 7) is 1.70. The first-order chi connectivity index (χ1) is 10.2. The first-order valence-electron chi connectivity index (χ1n) is 7.43. The molecule has 1 saturated carbocycles. The van der Waals surface area contributed by atoms with Gasteiger partial charge in [-0.15, -0.1) is 0 Å². The van der Waals surface area contributed by atoms with E-state index in [9.17, 15) is 9.59 Å². The fourth-order valence-corrected chi connectivity index (χ4v) is 2.64. The molecule has 21 heavy (non-hydrogen) atoms. The molecule has 0 aromatic carbocycles. The third kappa shape index (κ3) is 3.64. The number of hydrogen-bond donors (Lipinski definition) is 2. The Kier molecular flexibility index (Phi) is 4.24. The van der Waals surface area contributed by atoms with E-state index in [-0.39, 0.29) is 29.8 Å². The number of carbonyl (C=O) groups excluding carboxylic acids is 2. The number of ether oxygens (including phenoxy) is 1. The number of hydrogen-bond acceptors (Lipinski definition) is 4. The van der Waals surface area contributed by atoms with E-state index in [1.54, 1.807) is 18.4 Å². The molecule has 0 radical (unpaired) electrons. The van der Waals surface area contributed by atoms with Crippen molar-refractivity contribution < 1.29 is 18.7 Å². The van der Waals surface area contributed by atoms with Crippen molar-refractivity contribution in [3.63, 3.8) is 0 Å². The number of amides is 2. The van der Waals surface area contributed by atoms with E-state index < -0.39 is 0 Å². The van der Waals surface area contributed by atoms with E-state index in [0.29, 0.717) is 25.3 Å². The fourth-order valence-electron chi connectivity index (χ4n) is 2.64. The molecule has 6 heteroatoms. The summed E-state index contributed by atoms with van der Waals surface area (Å²) in [5.41, 5.74) is 0. The Morgan fingerprint density at radius 3 is 2.71 bits per heavy atom. The van der Waals surface area contributed by atoms with E-state index in [2.05, 4.69) is 10.6 Å². The molecule has 114 valence electrons. The van der Waals surface area contributed by atoms with Crippen molar-refractivity contribution in [2.75, 3.05) is 13.2 Å². The van der Waals surface area contributed by atoms with Crippen molar-refractivity contribution in [2.45, 2.75) is 31.9 Å². The zero-order chi connectivity index (χ0) is 14.7. The first kappa shape index (κ1) is 14.1. The van der Waals surface area contributed by atoms with Gasteiger partial charge in [-0.1, -0.05) is 0 Å².